The minimum absolute atomic E-state index is 0.162. The van der Waals surface area contributed by atoms with Gasteiger partial charge in [0.2, 0.25) is 5.91 Å². The SMILES string of the molecule is CCNC(=O)C1(Cc2cc(-c3ccccc3)no2)CCCN(C2CCCC2)C1. The lowest BCUT2D eigenvalue weighted by Gasteiger charge is -2.43. The molecule has 1 saturated carbocycles. The molecule has 0 spiro atoms. The summed E-state index contributed by atoms with van der Waals surface area (Å²) in [5.41, 5.74) is 1.45. The molecule has 5 heteroatoms. The van der Waals surface area contributed by atoms with Crippen molar-refractivity contribution in [3.8, 4) is 11.3 Å². The number of rotatable bonds is 6. The molecule has 2 fully saturated rings. The van der Waals surface area contributed by atoms with E-state index in [4.69, 9.17) is 4.52 Å². The van der Waals surface area contributed by atoms with Gasteiger partial charge in [0.05, 0.1) is 5.41 Å². The van der Waals surface area contributed by atoms with Gasteiger partial charge in [-0.25, -0.2) is 0 Å². The maximum absolute atomic E-state index is 13.2. The van der Waals surface area contributed by atoms with Crippen molar-refractivity contribution in [2.45, 2.75) is 57.9 Å². The number of aromatic nitrogens is 1. The van der Waals surface area contributed by atoms with Crippen molar-refractivity contribution in [1.29, 1.82) is 0 Å². The molecule has 0 radical (unpaired) electrons. The predicted octanol–water partition coefficient (Wildman–Crippen LogP) is 4.05. The van der Waals surface area contributed by atoms with Gasteiger partial charge in [-0.2, -0.15) is 0 Å². The molecule has 1 saturated heterocycles. The van der Waals surface area contributed by atoms with Gasteiger partial charge >= 0.3 is 0 Å². The molecular formula is C23H31N3O2. The van der Waals surface area contributed by atoms with Gasteiger partial charge in [-0.05, 0) is 39.2 Å². The third kappa shape index (κ3) is 4.00. The Morgan fingerprint density at radius 3 is 2.79 bits per heavy atom. The number of likely N-dealkylation sites (tertiary alicyclic amines) is 1. The number of piperidine rings is 1. The normalized spacial score (nSPS) is 23.8. The zero-order valence-electron chi connectivity index (χ0n) is 16.8. The summed E-state index contributed by atoms with van der Waals surface area (Å²) >= 11 is 0. The Bertz CT molecular complexity index is 782. The van der Waals surface area contributed by atoms with Crippen molar-refractivity contribution in [2.75, 3.05) is 19.6 Å². The lowest BCUT2D eigenvalue weighted by Crippen LogP contribution is -2.55. The van der Waals surface area contributed by atoms with E-state index < -0.39 is 5.41 Å². The van der Waals surface area contributed by atoms with Gasteiger partial charge < -0.3 is 9.84 Å². The number of hydrogen-bond donors (Lipinski definition) is 1. The molecule has 2 aliphatic rings. The molecular weight excluding hydrogens is 350 g/mol. The van der Waals surface area contributed by atoms with E-state index in [2.05, 4.69) is 15.4 Å². The molecule has 150 valence electrons. The van der Waals surface area contributed by atoms with E-state index >= 15 is 0 Å². The van der Waals surface area contributed by atoms with Crippen LogP contribution in [-0.2, 0) is 11.2 Å². The van der Waals surface area contributed by atoms with Gasteiger partial charge in [-0.15, -0.1) is 0 Å². The van der Waals surface area contributed by atoms with Crippen molar-refractivity contribution in [1.82, 2.24) is 15.4 Å². The van der Waals surface area contributed by atoms with Crippen LogP contribution in [0.2, 0.25) is 0 Å². The summed E-state index contributed by atoms with van der Waals surface area (Å²) in [6, 6.07) is 12.7. The Balaban J connectivity index is 1.56. The Morgan fingerprint density at radius 1 is 1.25 bits per heavy atom. The molecule has 1 atom stereocenters. The molecule has 1 aliphatic heterocycles. The molecule has 1 aromatic heterocycles. The van der Waals surface area contributed by atoms with Crippen LogP contribution in [0.4, 0.5) is 0 Å². The summed E-state index contributed by atoms with van der Waals surface area (Å²) in [5, 5.41) is 7.36. The van der Waals surface area contributed by atoms with E-state index in [0.29, 0.717) is 19.0 Å². The second-order valence-electron chi connectivity index (χ2n) is 8.37. The fourth-order valence-corrected chi connectivity index (χ4v) is 4.98. The minimum Gasteiger partial charge on any atom is -0.361 e. The van der Waals surface area contributed by atoms with Crippen molar-refractivity contribution >= 4 is 5.91 Å². The van der Waals surface area contributed by atoms with E-state index in [1.807, 2.05) is 43.3 Å². The van der Waals surface area contributed by atoms with Crippen LogP contribution in [0.25, 0.3) is 11.3 Å². The van der Waals surface area contributed by atoms with E-state index in [0.717, 1.165) is 42.9 Å². The Labute approximate surface area is 167 Å². The molecule has 1 amide bonds. The van der Waals surface area contributed by atoms with Crippen LogP contribution in [0.15, 0.2) is 40.9 Å². The average Bonchev–Trinajstić information content (AvgIpc) is 3.41. The standard InChI is InChI=1S/C23H31N3O2/c1-2-24-22(27)23(13-8-14-26(17-23)19-11-6-7-12-19)16-20-15-21(25-28-20)18-9-4-3-5-10-18/h3-5,9-10,15,19H,2,6-8,11-14,16-17H2,1H3,(H,24,27). The molecule has 2 aromatic rings. The third-order valence-corrected chi connectivity index (χ3v) is 6.41. The van der Waals surface area contributed by atoms with Gasteiger partial charge in [0, 0.05) is 37.2 Å². The average molecular weight is 382 g/mol. The van der Waals surface area contributed by atoms with Crippen LogP contribution in [0, 0.1) is 5.41 Å². The summed E-state index contributed by atoms with van der Waals surface area (Å²) in [4.78, 5) is 15.7. The first-order chi connectivity index (χ1) is 13.7. The Kier molecular flexibility index (Phi) is 5.81. The highest BCUT2D eigenvalue weighted by Crippen LogP contribution is 2.38. The molecule has 1 N–H and O–H groups in total. The minimum atomic E-state index is -0.426. The maximum atomic E-state index is 13.2. The predicted molar refractivity (Wildman–Crippen MR) is 110 cm³/mol. The van der Waals surface area contributed by atoms with Crippen LogP contribution in [0.3, 0.4) is 0 Å². The highest BCUT2D eigenvalue weighted by atomic mass is 16.5. The zero-order valence-corrected chi connectivity index (χ0v) is 16.8. The molecule has 5 nitrogen and oxygen atoms in total. The third-order valence-electron chi connectivity index (χ3n) is 6.41. The summed E-state index contributed by atoms with van der Waals surface area (Å²) in [7, 11) is 0. The smallest absolute Gasteiger partial charge is 0.227 e. The number of carbonyl (C=O) groups is 1. The highest BCUT2D eigenvalue weighted by molar-refractivity contribution is 5.83. The summed E-state index contributed by atoms with van der Waals surface area (Å²) in [6.07, 6.45) is 7.76. The largest absolute Gasteiger partial charge is 0.361 e. The lowest BCUT2D eigenvalue weighted by molar-refractivity contribution is -0.135. The molecule has 4 rings (SSSR count). The molecule has 0 bridgehead atoms. The number of carbonyl (C=O) groups excluding carboxylic acids is 1. The summed E-state index contributed by atoms with van der Waals surface area (Å²) in [6.45, 7) is 4.59. The first-order valence-corrected chi connectivity index (χ1v) is 10.7. The van der Waals surface area contributed by atoms with E-state index in [9.17, 15) is 4.79 Å². The van der Waals surface area contributed by atoms with Gasteiger partial charge in [0.1, 0.15) is 11.5 Å². The highest BCUT2D eigenvalue weighted by Gasteiger charge is 2.44. The van der Waals surface area contributed by atoms with E-state index in [1.54, 1.807) is 0 Å². The zero-order chi connectivity index (χ0) is 19.4. The maximum Gasteiger partial charge on any atom is 0.227 e. The number of nitrogens with one attached hydrogen (secondary N) is 1. The fourth-order valence-electron chi connectivity index (χ4n) is 4.98. The quantitative estimate of drug-likeness (QED) is 0.820. The molecule has 1 unspecified atom stereocenters. The van der Waals surface area contributed by atoms with Gasteiger partial charge in [-0.1, -0.05) is 48.3 Å². The van der Waals surface area contributed by atoms with E-state index in [1.165, 1.54) is 25.7 Å². The number of amides is 1. The lowest BCUT2D eigenvalue weighted by atomic mass is 9.75. The summed E-state index contributed by atoms with van der Waals surface area (Å²) in [5.74, 6) is 0.966. The fraction of sp³-hybridized carbons (Fsp3) is 0.565. The number of hydrogen-bond acceptors (Lipinski definition) is 4. The second kappa shape index (κ2) is 8.48. The van der Waals surface area contributed by atoms with Crippen molar-refractivity contribution in [3.05, 3.63) is 42.2 Å². The van der Waals surface area contributed by atoms with Crippen molar-refractivity contribution < 1.29 is 9.32 Å². The summed E-state index contributed by atoms with van der Waals surface area (Å²) < 4.78 is 5.69. The van der Waals surface area contributed by atoms with Crippen LogP contribution >= 0.6 is 0 Å². The molecule has 1 aliphatic carbocycles. The van der Waals surface area contributed by atoms with Crippen LogP contribution in [0.5, 0.6) is 0 Å². The van der Waals surface area contributed by atoms with Crippen LogP contribution < -0.4 is 5.32 Å². The van der Waals surface area contributed by atoms with Crippen LogP contribution in [0.1, 0.15) is 51.2 Å². The van der Waals surface area contributed by atoms with Gasteiger partial charge in [0.15, 0.2) is 0 Å². The first kappa shape index (κ1) is 19.2. The molecule has 1 aromatic carbocycles. The first-order valence-electron chi connectivity index (χ1n) is 10.7. The van der Waals surface area contributed by atoms with E-state index in [-0.39, 0.29) is 5.91 Å². The van der Waals surface area contributed by atoms with Crippen molar-refractivity contribution in [3.63, 3.8) is 0 Å². The topological polar surface area (TPSA) is 58.4 Å². The monoisotopic (exact) mass is 381 g/mol. The van der Waals surface area contributed by atoms with Crippen LogP contribution in [-0.4, -0.2) is 41.6 Å². The molecule has 2 heterocycles. The van der Waals surface area contributed by atoms with Gasteiger partial charge in [-0.3, -0.25) is 9.69 Å². The number of benzene rings is 1. The van der Waals surface area contributed by atoms with Crippen molar-refractivity contribution in [2.24, 2.45) is 5.41 Å². The van der Waals surface area contributed by atoms with Gasteiger partial charge in [0.25, 0.3) is 0 Å². The Morgan fingerprint density at radius 2 is 2.04 bits per heavy atom. The molecule has 28 heavy (non-hydrogen) atoms. The Hall–Kier alpha value is -2.14. The second-order valence-corrected chi connectivity index (χ2v) is 8.37. The number of nitrogens with zero attached hydrogens (tertiary/aromatic N) is 2.